The van der Waals surface area contributed by atoms with Gasteiger partial charge < -0.3 is 9.72 Å². The van der Waals surface area contributed by atoms with Crippen molar-refractivity contribution in [3.63, 3.8) is 0 Å². The Morgan fingerprint density at radius 3 is 1.28 bits per heavy atom. The smallest absolute Gasteiger partial charge is 0.122 e. The normalized spacial score (nSPS) is 10.8. The molecule has 0 saturated carbocycles. The van der Waals surface area contributed by atoms with Gasteiger partial charge in [0.05, 0.1) is 12.8 Å². The maximum atomic E-state index is 5.41. The quantitative estimate of drug-likeness (QED) is 0.101. The fraction of sp³-hybridized carbons (Fsp3) is 0.170. The standard InChI is InChI=1S/C32H33N2O.3C7H7.Hf/c1-31(2,3)22-10-8-20-16-21-9-11-23(32(4,5)6)18-26(21)30(25(20)17-22)28-13-12-27(34-28)29-19-24(35-7)14-15-33-29;3*1-7-5-3-2-4-6-7;/h8-19H,1-7H3;3*2-6H,1H2;/q4*-1;. The first-order valence-electron chi connectivity index (χ1n) is 19.0. The topological polar surface area (TPSA) is 36.2 Å². The van der Waals surface area contributed by atoms with Crippen LogP contribution < -0.4 is 9.72 Å². The summed E-state index contributed by atoms with van der Waals surface area (Å²) in [4.78, 5) is 9.63. The minimum absolute atomic E-state index is 0. The first kappa shape index (κ1) is 44.3. The van der Waals surface area contributed by atoms with Gasteiger partial charge in [0.2, 0.25) is 0 Å². The summed E-state index contributed by atoms with van der Waals surface area (Å²) in [6.45, 7) is 24.7. The van der Waals surface area contributed by atoms with E-state index in [4.69, 9.17) is 9.72 Å². The molecule has 0 unspecified atom stereocenters. The van der Waals surface area contributed by atoms with Crippen molar-refractivity contribution < 1.29 is 30.6 Å². The Hall–Kier alpha value is -5.45. The van der Waals surface area contributed by atoms with Crippen LogP contribution in [0.1, 0.15) is 69.4 Å². The van der Waals surface area contributed by atoms with E-state index in [1.165, 1.54) is 38.2 Å². The van der Waals surface area contributed by atoms with E-state index in [9.17, 15) is 0 Å². The number of fused-ring (bicyclic) bond motifs is 2. The van der Waals surface area contributed by atoms with Gasteiger partial charge in [-0.05, 0) is 61.2 Å². The van der Waals surface area contributed by atoms with Crippen molar-refractivity contribution in [1.82, 2.24) is 9.97 Å². The molecule has 0 amide bonds. The second-order valence-corrected chi connectivity index (χ2v) is 15.9. The van der Waals surface area contributed by atoms with Gasteiger partial charge in [-0.3, -0.25) is 4.98 Å². The molecule has 290 valence electrons. The van der Waals surface area contributed by atoms with Gasteiger partial charge in [0.1, 0.15) is 5.75 Å². The predicted molar refractivity (Wildman–Crippen MR) is 240 cm³/mol. The van der Waals surface area contributed by atoms with Gasteiger partial charge in [0, 0.05) is 38.1 Å². The van der Waals surface area contributed by atoms with Gasteiger partial charge in [-0.1, -0.05) is 108 Å². The van der Waals surface area contributed by atoms with E-state index >= 15 is 0 Å². The van der Waals surface area contributed by atoms with Gasteiger partial charge >= 0.3 is 0 Å². The van der Waals surface area contributed by atoms with Crippen molar-refractivity contribution in [3.05, 3.63) is 213 Å². The molecule has 0 radical (unpaired) electrons. The van der Waals surface area contributed by atoms with Crippen LogP contribution in [-0.4, -0.2) is 12.1 Å². The number of benzene rings is 6. The van der Waals surface area contributed by atoms with E-state index < -0.39 is 0 Å². The minimum Gasteiger partial charge on any atom is -0.656 e. The molecule has 0 saturated heterocycles. The van der Waals surface area contributed by atoms with Crippen LogP contribution in [0.3, 0.4) is 0 Å². The minimum atomic E-state index is 0. The predicted octanol–water partition coefficient (Wildman–Crippen LogP) is 13.9. The Morgan fingerprint density at radius 1 is 0.491 bits per heavy atom. The summed E-state index contributed by atoms with van der Waals surface area (Å²) in [6.07, 6.45) is 1.76. The van der Waals surface area contributed by atoms with Crippen LogP contribution in [0.4, 0.5) is 0 Å². The van der Waals surface area contributed by atoms with Gasteiger partial charge in [-0.25, -0.2) is 0 Å². The van der Waals surface area contributed by atoms with E-state index in [-0.39, 0.29) is 36.7 Å². The summed E-state index contributed by atoms with van der Waals surface area (Å²) < 4.78 is 5.41. The van der Waals surface area contributed by atoms with Crippen LogP contribution in [0, 0.1) is 20.8 Å². The molecule has 0 atom stereocenters. The molecule has 0 bridgehead atoms. The molecule has 0 spiro atoms. The van der Waals surface area contributed by atoms with Crippen LogP contribution >= 0.6 is 0 Å². The Balaban J connectivity index is 0.000000263. The summed E-state index contributed by atoms with van der Waals surface area (Å²) >= 11 is 0. The fourth-order valence-electron chi connectivity index (χ4n) is 6.08. The van der Waals surface area contributed by atoms with E-state index in [1.54, 1.807) is 13.3 Å². The van der Waals surface area contributed by atoms with E-state index in [0.29, 0.717) is 0 Å². The van der Waals surface area contributed by atoms with E-state index in [1.807, 2.05) is 103 Å². The Labute approximate surface area is 360 Å². The maximum Gasteiger partial charge on any atom is 0.122 e. The number of pyridine rings is 1. The Kier molecular flexibility index (Phi) is 15.6. The third-order valence-corrected chi connectivity index (χ3v) is 9.34. The number of methoxy groups -OCH3 is 1. The molecule has 0 N–H and O–H groups in total. The van der Waals surface area contributed by atoms with Crippen LogP contribution in [-0.2, 0) is 36.7 Å². The molecule has 4 heteroatoms. The van der Waals surface area contributed by atoms with E-state index in [2.05, 4.69) is 122 Å². The molecule has 8 rings (SSSR count). The van der Waals surface area contributed by atoms with Crippen molar-refractivity contribution in [2.24, 2.45) is 0 Å². The first-order valence-corrected chi connectivity index (χ1v) is 19.0. The monoisotopic (exact) mass is 914 g/mol. The molecule has 8 aromatic rings. The zero-order valence-electron chi connectivity index (χ0n) is 34.5. The van der Waals surface area contributed by atoms with Crippen LogP contribution in [0.15, 0.2) is 164 Å². The summed E-state index contributed by atoms with van der Waals surface area (Å²) in [5.41, 5.74) is 9.78. The van der Waals surface area contributed by atoms with Crippen molar-refractivity contribution in [2.75, 3.05) is 7.11 Å². The second-order valence-electron chi connectivity index (χ2n) is 15.9. The third-order valence-electron chi connectivity index (χ3n) is 9.34. The number of hydrogen-bond donors (Lipinski definition) is 0. The molecule has 3 nitrogen and oxygen atoms in total. The number of ether oxygens (including phenoxy) is 1. The fourth-order valence-corrected chi connectivity index (χ4v) is 6.08. The summed E-state index contributed by atoms with van der Waals surface area (Å²) in [5, 5.41) is 4.93. The Morgan fingerprint density at radius 2 is 0.912 bits per heavy atom. The van der Waals surface area contributed by atoms with Crippen molar-refractivity contribution in [2.45, 2.75) is 52.4 Å². The molecule has 57 heavy (non-hydrogen) atoms. The zero-order valence-corrected chi connectivity index (χ0v) is 38.1. The molecular formula is C53H54HfN2O-4. The van der Waals surface area contributed by atoms with E-state index in [0.717, 1.165) is 39.5 Å². The molecule has 2 heterocycles. The molecule has 0 aliphatic heterocycles. The van der Waals surface area contributed by atoms with Gasteiger partial charge in [0.15, 0.2) is 0 Å². The third kappa shape index (κ3) is 12.5. The largest absolute Gasteiger partial charge is 0.656 e. The SMILES string of the molecule is COc1ccnc(-c2ccc(-c3c4cc(C(C)(C)C)ccc4cc4ccc(C(C)(C)C)cc34)[n-]2)c1.[CH2-]c1ccccc1.[CH2-]c1ccccc1.[CH2-]c1ccccc1.[Hf]. The average molecular weight is 914 g/mol. The number of rotatable bonds is 3. The molecule has 2 aromatic heterocycles. The average Bonchev–Trinajstić information content (AvgIpc) is 3.67. The van der Waals surface area contributed by atoms with Crippen LogP contribution in [0.2, 0.25) is 0 Å². The first-order chi connectivity index (χ1) is 26.7. The zero-order chi connectivity index (χ0) is 40.3. The number of hydrogen-bond acceptors (Lipinski definition) is 2. The molecular weight excluding hydrogens is 859 g/mol. The Bertz CT molecular complexity index is 2280. The summed E-state index contributed by atoms with van der Waals surface area (Å²) in [5.74, 6) is 0.778. The maximum absolute atomic E-state index is 5.41. The van der Waals surface area contributed by atoms with Crippen LogP contribution in [0.5, 0.6) is 5.75 Å². The van der Waals surface area contributed by atoms with Gasteiger partial charge in [-0.15, -0.1) is 47.8 Å². The van der Waals surface area contributed by atoms with Crippen LogP contribution in [0.25, 0.3) is 44.2 Å². The van der Waals surface area contributed by atoms with Gasteiger partial charge in [0.25, 0.3) is 0 Å². The van der Waals surface area contributed by atoms with Crippen molar-refractivity contribution in [1.29, 1.82) is 0 Å². The second kappa shape index (κ2) is 20.1. The molecule has 0 aliphatic carbocycles. The van der Waals surface area contributed by atoms with Crippen molar-refractivity contribution >= 4 is 21.5 Å². The van der Waals surface area contributed by atoms with Crippen molar-refractivity contribution in [3.8, 4) is 28.4 Å². The number of aromatic nitrogens is 2. The number of nitrogens with zero attached hydrogens (tertiary/aromatic N) is 2. The summed E-state index contributed by atoms with van der Waals surface area (Å²) in [6, 6.07) is 53.6. The summed E-state index contributed by atoms with van der Waals surface area (Å²) in [7, 11) is 1.67. The molecule has 0 aliphatic rings. The van der Waals surface area contributed by atoms with Gasteiger partial charge in [-0.2, -0.15) is 73.9 Å². The molecule has 6 aromatic carbocycles. The molecule has 0 fully saturated rings.